The van der Waals surface area contributed by atoms with Crippen molar-refractivity contribution in [1.82, 2.24) is 5.32 Å². The molecule has 2 aliphatic rings. The third-order valence-electron chi connectivity index (χ3n) is 4.19. The molecular formula is C15H21N. The number of rotatable bonds is 4. The van der Waals surface area contributed by atoms with Crippen LogP contribution in [0, 0.1) is 11.8 Å². The predicted molar refractivity (Wildman–Crippen MR) is 67.5 cm³/mol. The van der Waals surface area contributed by atoms with Crippen LogP contribution >= 0.6 is 0 Å². The summed E-state index contributed by atoms with van der Waals surface area (Å²) in [5, 5.41) is 3.72. The van der Waals surface area contributed by atoms with E-state index in [1.54, 1.807) is 11.1 Å². The number of hydrogen-bond acceptors (Lipinski definition) is 1. The lowest BCUT2D eigenvalue weighted by Crippen LogP contribution is -2.32. The number of fused-ring (bicyclic) bond motifs is 1. The molecule has 86 valence electrons. The maximum Gasteiger partial charge on any atom is 0.00671 e. The molecule has 2 aliphatic carbocycles. The maximum absolute atomic E-state index is 3.72. The zero-order valence-electron chi connectivity index (χ0n) is 10.1. The predicted octanol–water partition coefficient (Wildman–Crippen LogP) is 2.79. The highest BCUT2D eigenvalue weighted by atomic mass is 14.9. The lowest BCUT2D eigenvalue weighted by molar-refractivity contribution is 0.426. The molecule has 0 heterocycles. The van der Waals surface area contributed by atoms with Gasteiger partial charge in [0.05, 0.1) is 0 Å². The van der Waals surface area contributed by atoms with Gasteiger partial charge < -0.3 is 5.32 Å². The van der Waals surface area contributed by atoms with Crippen LogP contribution in [0.4, 0.5) is 0 Å². The Hall–Kier alpha value is -0.820. The summed E-state index contributed by atoms with van der Waals surface area (Å²) in [5.74, 6) is 1.81. The molecule has 16 heavy (non-hydrogen) atoms. The molecule has 0 amide bonds. The standard InChI is InChI=1S/C15H21N/c1-11(13-6-7-13)16-10-12-8-14-4-2-3-5-15(14)9-12/h2-5,11-13,16H,6-10H2,1H3. The van der Waals surface area contributed by atoms with Crippen LogP contribution < -0.4 is 5.32 Å². The van der Waals surface area contributed by atoms with E-state index in [4.69, 9.17) is 0 Å². The van der Waals surface area contributed by atoms with Gasteiger partial charge >= 0.3 is 0 Å². The van der Waals surface area contributed by atoms with E-state index in [1.165, 1.54) is 32.2 Å². The van der Waals surface area contributed by atoms with Crippen LogP contribution in [-0.4, -0.2) is 12.6 Å². The van der Waals surface area contributed by atoms with Gasteiger partial charge in [0.15, 0.2) is 0 Å². The van der Waals surface area contributed by atoms with Crippen LogP contribution in [-0.2, 0) is 12.8 Å². The molecule has 1 atom stereocenters. The Kier molecular flexibility index (Phi) is 2.72. The minimum atomic E-state index is 0.740. The molecule has 0 saturated heterocycles. The van der Waals surface area contributed by atoms with E-state index in [0.717, 1.165) is 17.9 Å². The molecule has 1 aromatic carbocycles. The first kappa shape index (κ1) is 10.3. The Morgan fingerprint density at radius 1 is 1.19 bits per heavy atom. The third kappa shape index (κ3) is 2.15. The SMILES string of the molecule is CC(NCC1Cc2ccccc2C1)C1CC1. The smallest absolute Gasteiger partial charge is 0.00671 e. The van der Waals surface area contributed by atoms with Crippen molar-refractivity contribution in [3.63, 3.8) is 0 Å². The van der Waals surface area contributed by atoms with Gasteiger partial charge in [-0.1, -0.05) is 24.3 Å². The lowest BCUT2D eigenvalue weighted by atomic mass is 10.1. The second kappa shape index (κ2) is 4.21. The van der Waals surface area contributed by atoms with Crippen LogP contribution in [0.2, 0.25) is 0 Å². The first-order valence-corrected chi connectivity index (χ1v) is 6.63. The van der Waals surface area contributed by atoms with Crippen molar-refractivity contribution in [2.45, 2.75) is 38.6 Å². The summed E-state index contributed by atoms with van der Waals surface area (Å²) in [7, 11) is 0. The van der Waals surface area contributed by atoms with Crippen LogP contribution in [0.3, 0.4) is 0 Å². The van der Waals surface area contributed by atoms with Crippen molar-refractivity contribution in [2.24, 2.45) is 11.8 Å². The average molecular weight is 215 g/mol. The van der Waals surface area contributed by atoms with Crippen molar-refractivity contribution in [1.29, 1.82) is 0 Å². The fourth-order valence-corrected chi connectivity index (χ4v) is 2.91. The highest BCUT2D eigenvalue weighted by molar-refractivity contribution is 5.32. The van der Waals surface area contributed by atoms with Gasteiger partial charge in [-0.05, 0) is 62.1 Å². The molecule has 1 nitrogen and oxygen atoms in total. The molecule has 1 unspecified atom stereocenters. The summed E-state index contributed by atoms with van der Waals surface area (Å²) in [6, 6.07) is 9.66. The van der Waals surface area contributed by atoms with Gasteiger partial charge in [-0.3, -0.25) is 0 Å². The Balaban J connectivity index is 1.52. The van der Waals surface area contributed by atoms with E-state index in [0.29, 0.717) is 0 Å². The Morgan fingerprint density at radius 3 is 2.38 bits per heavy atom. The molecule has 0 bridgehead atoms. The fourth-order valence-electron chi connectivity index (χ4n) is 2.91. The molecule has 0 radical (unpaired) electrons. The van der Waals surface area contributed by atoms with Gasteiger partial charge in [0, 0.05) is 6.04 Å². The van der Waals surface area contributed by atoms with Crippen molar-refractivity contribution in [3.05, 3.63) is 35.4 Å². The quantitative estimate of drug-likeness (QED) is 0.814. The molecule has 0 aromatic heterocycles. The van der Waals surface area contributed by atoms with Gasteiger partial charge in [-0.15, -0.1) is 0 Å². The van der Waals surface area contributed by atoms with Crippen molar-refractivity contribution < 1.29 is 0 Å². The lowest BCUT2D eigenvalue weighted by Gasteiger charge is -2.16. The van der Waals surface area contributed by atoms with Crippen LogP contribution in [0.15, 0.2) is 24.3 Å². The zero-order valence-corrected chi connectivity index (χ0v) is 10.1. The monoisotopic (exact) mass is 215 g/mol. The summed E-state index contributed by atoms with van der Waals surface area (Å²) < 4.78 is 0. The Labute approximate surface area is 98.3 Å². The fraction of sp³-hybridized carbons (Fsp3) is 0.600. The van der Waals surface area contributed by atoms with Crippen molar-refractivity contribution in [2.75, 3.05) is 6.54 Å². The minimum Gasteiger partial charge on any atom is -0.314 e. The largest absolute Gasteiger partial charge is 0.314 e. The van der Waals surface area contributed by atoms with E-state index >= 15 is 0 Å². The highest BCUT2D eigenvalue weighted by Crippen LogP contribution is 2.33. The van der Waals surface area contributed by atoms with E-state index in [-0.39, 0.29) is 0 Å². The first-order valence-electron chi connectivity index (χ1n) is 6.63. The van der Waals surface area contributed by atoms with Gasteiger partial charge in [0.25, 0.3) is 0 Å². The van der Waals surface area contributed by atoms with Crippen molar-refractivity contribution in [3.8, 4) is 0 Å². The third-order valence-corrected chi connectivity index (χ3v) is 4.19. The van der Waals surface area contributed by atoms with Gasteiger partial charge in [-0.25, -0.2) is 0 Å². The Bertz CT molecular complexity index is 342. The van der Waals surface area contributed by atoms with Gasteiger partial charge in [0.1, 0.15) is 0 Å². The summed E-state index contributed by atoms with van der Waals surface area (Å²) in [5.41, 5.74) is 3.15. The Morgan fingerprint density at radius 2 is 1.81 bits per heavy atom. The van der Waals surface area contributed by atoms with Crippen LogP contribution in [0.1, 0.15) is 30.9 Å². The summed E-state index contributed by atoms with van der Waals surface area (Å²) in [6.45, 7) is 3.55. The van der Waals surface area contributed by atoms with E-state index < -0.39 is 0 Å². The van der Waals surface area contributed by atoms with Crippen LogP contribution in [0.25, 0.3) is 0 Å². The zero-order chi connectivity index (χ0) is 11.0. The minimum absolute atomic E-state index is 0.740. The molecule has 0 spiro atoms. The molecule has 1 heteroatoms. The number of benzene rings is 1. The second-order valence-electron chi connectivity index (χ2n) is 5.58. The van der Waals surface area contributed by atoms with E-state index in [9.17, 15) is 0 Å². The first-order chi connectivity index (χ1) is 7.83. The normalized spacial score (nSPS) is 22.1. The van der Waals surface area contributed by atoms with E-state index in [2.05, 4.69) is 36.5 Å². The second-order valence-corrected chi connectivity index (χ2v) is 5.58. The molecule has 3 rings (SSSR count). The van der Waals surface area contributed by atoms with Crippen molar-refractivity contribution >= 4 is 0 Å². The summed E-state index contributed by atoms with van der Waals surface area (Å²) >= 11 is 0. The highest BCUT2D eigenvalue weighted by Gasteiger charge is 2.28. The van der Waals surface area contributed by atoms with Gasteiger partial charge in [0.2, 0.25) is 0 Å². The molecule has 0 aliphatic heterocycles. The maximum atomic E-state index is 3.72. The molecule has 1 fully saturated rings. The summed E-state index contributed by atoms with van der Waals surface area (Å²) in [4.78, 5) is 0. The van der Waals surface area contributed by atoms with E-state index in [1.807, 2.05) is 0 Å². The van der Waals surface area contributed by atoms with Crippen LogP contribution in [0.5, 0.6) is 0 Å². The number of hydrogen-bond donors (Lipinski definition) is 1. The molecular weight excluding hydrogens is 194 g/mol. The average Bonchev–Trinajstić information content (AvgIpc) is 3.06. The number of nitrogens with one attached hydrogen (secondary N) is 1. The molecule has 1 aromatic rings. The van der Waals surface area contributed by atoms with Gasteiger partial charge in [-0.2, -0.15) is 0 Å². The molecule has 1 N–H and O–H groups in total. The topological polar surface area (TPSA) is 12.0 Å². The molecule has 1 saturated carbocycles. The summed E-state index contributed by atoms with van der Waals surface area (Å²) in [6.07, 6.45) is 5.44.